The molecule has 2 aliphatic rings. The molecule has 1 saturated carbocycles. The van der Waals surface area contributed by atoms with E-state index < -0.39 is 18.5 Å². The molecule has 12 heteroatoms. The number of rotatable bonds is 12. The van der Waals surface area contributed by atoms with Crippen LogP contribution in [0, 0.1) is 5.92 Å². The van der Waals surface area contributed by atoms with Gasteiger partial charge in [-0.2, -0.15) is 8.78 Å². The predicted molar refractivity (Wildman–Crippen MR) is 170 cm³/mol. The van der Waals surface area contributed by atoms with E-state index in [0.717, 1.165) is 31.2 Å². The van der Waals surface area contributed by atoms with E-state index in [2.05, 4.69) is 4.98 Å². The minimum atomic E-state index is -3.02. The number of halogens is 2. The molecule has 46 heavy (non-hydrogen) atoms. The van der Waals surface area contributed by atoms with Crippen molar-refractivity contribution in [3.8, 4) is 28.1 Å². The van der Waals surface area contributed by atoms with E-state index in [1.54, 1.807) is 33.5 Å². The van der Waals surface area contributed by atoms with Crippen LogP contribution in [0.3, 0.4) is 0 Å². The Morgan fingerprint density at radius 1 is 1.07 bits per heavy atom. The molecule has 2 aromatic carbocycles. The summed E-state index contributed by atoms with van der Waals surface area (Å²) in [6, 6.07) is 17.4. The molecule has 238 valence electrons. The monoisotopic (exact) mass is 646 g/mol. The number of carbonyl (C=O) groups excluding carboxylic acids is 2. The molecule has 4 aromatic rings. The number of alkyl halides is 2. The number of amides is 2. The van der Waals surface area contributed by atoms with Crippen molar-refractivity contribution in [3.63, 3.8) is 0 Å². The number of benzene rings is 2. The van der Waals surface area contributed by atoms with Crippen molar-refractivity contribution < 1.29 is 33.0 Å². The van der Waals surface area contributed by atoms with Crippen molar-refractivity contribution in [3.05, 3.63) is 77.8 Å². The average Bonchev–Trinajstić information content (AvgIpc) is 3.76. The first-order valence-corrected chi connectivity index (χ1v) is 16.0. The number of nitrogens with zero attached hydrogens (tertiary/aromatic N) is 4. The Labute approximate surface area is 268 Å². The molecule has 0 radical (unpaired) electrons. The van der Waals surface area contributed by atoms with Crippen LogP contribution in [0.2, 0.25) is 0 Å². The highest BCUT2D eigenvalue weighted by atomic mass is 32.1. The smallest absolute Gasteiger partial charge is 0.387 e. The first kappa shape index (κ1) is 31.3. The predicted octanol–water partition coefficient (Wildman–Crippen LogP) is 6.82. The Morgan fingerprint density at radius 3 is 2.54 bits per heavy atom. The zero-order valence-electron chi connectivity index (χ0n) is 24.9. The van der Waals surface area contributed by atoms with Gasteiger partial charge in [-0.3, -0.25) is 24.2 Å². The Hall–Kier alpha value is -4.71. The van der Waals surface area contributed by atoms with Crippen LogP contribution in [0.5, 0.6) is 5.75 Å². The molecule has 9 nitrogen and oxygen atoms in total. The number of carboxylic acid groups (broad SMARTS) is 1. The van der Waals surface area contributed by atoms with Gasteiger partial charge in [0, 0.05) is 41.7 Å². The van der Waals surface area contributed by atoms with Crippen molar-refractivity contribution in [1.29, 1.82) is 0 Å². The third-order valence-electron chi connectivity index (χ3n) is 8.09. The number of ether oxygens (including phenoxy) is 1. The number of hydrogen-bond acceptors (Lipinski definition) is 7. The molecule has 1 aliphatic heterocycles. The molecular formula is C34H32F2N4O5S. The van der Waals surface area contributed by atoms with Gasteiger partial charge in [0.2, 0.25) is 11.8 Å². The third-order valence-corrected chi connectivity index (χ3v) is 8.93. The summed E-state index contributed by atoms with van der Waals surface area (Å²) in [6.07, 6.45) is 5.37. The number of hydrogen-bond donors (Lipinski definition) is 1. The van der Waals surface area contributed by atoms with Crippen LogP contribution in [0.15, 0.2) is 72.2 Å². The Balaban J connectivity index is 1.33. The molecule has 6 rings (SSSR count). The van der Waals surface area contributed by atoms with Crippen LogP contribution in [0.25, 0.3) is 22.4 Å². The van der Waals surface area contributed by atoms with Gasteiger partial charge >= 0.3 is 12.6 Å². The minimum absolute atomic E-state index is 0.0276. The number of aromatic nitrogens is 2. The van der Waals surface area contributed by atoms with Crippen molar-refractivity contribution in [1.82, 2.24) is 9.97 Å². The summed E-state index contributed by atoms with van der Waals surface area (Å²) < 4.78 is 31.1. The lowest BCUT2D eigenvalue weighted by molar-refractivity contribution is -0.140. The van der Waals surface area contributed by atoms with E-state index in [0.29, 0.717) is 46.3 Å². The number of piperidine rings is 1. The van der Waals surface area contributed by atoms with Crippen LogP contribution in [-0.4, -0.2) is 52.1 Å². The summed E-state index contributed by atoms with van der Waals surface area (Å²) in [6.45, 7) is -2.42. The van der Waals surface area contributed by atoms with Crippen molar-refractivity contribution in [2.24, 2.45) is 5.92 Å². The number of anilines is 2. The van der Waals surface area contributed by atoms with Gasteiger partial charge in [0.15, 0.2) is 5.13 Å². The Morgan fingerprint density at radius 2 is 1.87 bits per heavy atom. The molecule has 2 fully saturated rings. The largest absolute Gasteiger partial charge is 0.481 e. The number of aliphatic carboxylic acids is 1. The maximum absolute atomic E-state index is 13.9. The molecule has 0 spiro atoms. The summed E-state index contributed by atoms with van der Waals surface area (Å²) in [7, 11) is 0. The van der Waals surface area contributed by atoms with Crippen molar-refractivity contribution >= 4 is 40.1 Å². The van der Waals surface area contributed by atoms with Crippen molar-refractivity contribution in [2.45, 2.75) is 57.6 Å². The van der Waals surface area contributed by atoms with Gasteiger partial charge in [0.25, 0.3) is 0 Å². The van der Waals surface area contributed by atoms with Gasteiger partial charge in [0.05, 0.1) is 18.0 Å². The first-order chi connectivity index (χ1) is 22.3. The third kappa shape index (κ3) is 7.23. The quantitative estimate of drug-likeness (QED) is 0.180. The lowest BCUT2D eigenvalue weighted by Crippen LogP contribution is -2.39. The van der Waals surface area contributed by atoms with Crippen LogP contribution >= 0.6 is 11.3 Å². The summed E-state index contributed by atoms with van der Waals surface area (Å²) in [5.41, 5.74) is 3.14. The second-order valence-corrected chi connectivity index (χ2v) is 12.3. The molecule has 1 N–H and O–H groups in total. The van der Waals surface area contributed by atoms with Gasteiger partial charge in [-0.25, -0.2) is 9.97 Å². The molecule has 1 aliphatic carbocycles. The molecular weight excluding hydrogens is 614 g/mol. The number of thiazole rings is 1. The second-order valence-electron chi connectivity index (χ2n) is 11.4. The fourth-order valence-electron chi connectivity index (χ4n) is 5.73. The van der Waals surface area contributed by atoms with Gasteiger partial charge in [-0.05, 0) is 73.6 Å². The summed E-state index contributed by atoms with van der Waals surface area (Å²) >= 11 is 1.23. The molecule has 0 unspecified atom stereocenters. The fraction of sp³-hybridized carbons (Fsp3) is 0.324. The Kier molecular flexibility index (Phi) is 9.34. The van der Waals surface area contributed by atoms with Crippen LogP contribution in [0.4, 0.5) is 19.7 Å². The zero-order chi connectivity index (χ0) is 32.2. The van der Waals surface area contributed by atoms with Gasteiger partial charge in [0.1, 0.15) is 11.6 Å². The molecule has 2 aromatic heterocycles. The Bertz CT molecular complexity index is 1710. The standard InChI is InChI=1S/C34H32F2N4O5S/c35-33(36)45-25-12-13-26(22-9-14-29(37-19-22)39-15-5-4-8-30(39)41)27(18-25)28-20-46-34(38-28)40(24-10-11-24)32(44)23(17-31(42)43)16-21-6-2-1-3-7-21/h1-3,6-7,9,12-14,18-20,23-24,33H,4-5,8,10-11,15-17H2,(H,42,43)/t23-/m1/s1. The summed E-state index contributed by atoms with van der Waals surface area (Å²) in [4.78, 5) is 50.7. The summed E-state index contributed by atoms with van der Waals surface area (Å²) in [5.74, 6) is -1.63. The molecule has 3 heterocycles. The maximum Gasteiger partial charge on any atom is 0.387 e. The number of carbonyl (C=O) groups is 3. The van der Waals surface area contributed by atoms with Gasteiger partial charge < -0.3 is 9.84 Å². The highest BCUT2D eigenvalue weighted by Gasteiger charge is 2.39. The van der Waals surface area contributed by atoms with E-state index in [-0.39, 0.29) is 36.4 Å². The SMILES string of the molecule is O=C(O)C[C@@H](Cc1ccccc1)C(=O)N(c1nc(-c2cc(OC(F)F)ccc2-c2ccc(N3CCCCC3=O)nc2)cs1)C1CC1. The average molecular weight is 647 g/mol. The molecule has 1 saturated heterocycles. The van der Waals surface area contributed by atoms with Gasteiger partial charge in [-0.1, -0.05) is 30.3 Å². The topological polar surface area (TPSA) is 113 Å². The first-order valence-electron chi connectivity index (χ1n) is 15.2. The molecule has 0 bridgehead atoms. The van der Waals surface area contributed by atoms with Crippen LogP contribution in [0.1, 0.15) is 44.1 Å². The highest BCUT2D eigenvalue weighted by Crippen LogP contribution is 2.41. The minimum Gasteiger partial charge on any atom is -0.481 e. The number of carboxylic acids is 1. The lowest BCUT2D eigenvalue weighted by Gasteiger charge is -2.25. The van der Waals surface area contributed by atoms with E-state index in [1.165, 1.54) is 23.5 Å². The van der Waals surface area contributed by atoms with Crippen LogP contribution in [-0.2, 0) is 20.8 Å². The summed E-state index contributed by atoms with van der Waals surface area (Å²) in [5, 5.41) is 11.8. The lowest BCUT2D eigenvalue weighted by atomic mass is 9.94. The molecule has 1 atom stereocenters. The molecule has 2 amide bonds. The van der Waals surface area contributed by atoms with E-state index in [4.69, 9.17) is 9.72 Å². The van der Waals surface area contributed by atoms with Gasteiger partial charge in [-0.15, -0.1) is 11.3 Å². The maximum atomic E-state index is 13.9. The highest BCUT2D eigenvalue weighted by molar-refractivity contribution is 7.14. The zero-order valence-corrected chi connectivity index (χ0v) is 25.7. The van der Waals surface area contributed by atoms with Crippen molar-refractivity contribution in [2.75, 3.05) is 16.3 Å². The fourth-order valence-corrected chi connectivity index (χ4v) is 6.63. The van der Waals surface area contributed by atoms with E-state index >= 15 is 0 Å². The van der Waals surface area contributed by atoms with Crippen LogP contribution < -0.4 is 14.5 Å². The van der Waals surface area contributed by atoms with E-state index in [9.17, 15) is 28.3 Å². The second kappa shape index (κ2) is 13.7. The number of pyridine rings is 1. The van der Waals surface area contributed by atoms with E-state index in [1.807, 2.05) is 36.4 Å². The normalized spacial score (nSPS) is 15.5.